The van der Waals surface area contributed by atoms with Crippen molar-refractivity contribution in [3.63, 3.8) is 0 Å². The fraction of sp³-hybridized carbons (Fsp3) is 0.154. The van der Waals surface area contributed by atoms with E-state index in [1.54, 1.807) is 18.2 Å². The Morgan fingerprint density at radius 3 is 2.85 bits per heavy atom. The van der Waals surface area contributed by atoms with Crippen LogP contribution in [0.5, 0.6) is 5.75 Å². The summed E-state index contributed by atoms with van der Waals surface area (Å²) in [4.78, 5) is 28.8. The van der Waals surface area contributed by atoms with Gasteiger partial charge in [0.2, 0.25) is 0 Å². The Morgan fingerprint density at radius 2 is 2.25 bits per heavy atom. The number of carbonyl (C=O) groups is 1. The Balaban J connectivity index is 2.56. The second-order valence-electron chi connectivity index (χ2n) is 3.97. The van der Waals surface area contributed by atoms with E-state index in [-0.39, 0.29) is 5.82 Å². The first-order chi connectivity index (χ1) is 9.52. The lowest BCUT2D eigenvalue weighted by Gasteiger charge is -2.10. The molecule has 0 fully saturated rings. The SMILES string of the molecule is CCOc1ccc(N)cc1-c1ncc(C(=O)O)c(=O)[nH]1. The number of carboxylic acid groups (broad SMARTS) is 1. The van der Waals surface area contributed by atoms with Crippen molar-refractivity contribution in [2.24, 2.45) is 0 Å². The average Bonchev–Trinajstić information content (AvgIpc) is 2.40. The fourth-order valence-electron chi connectivity index (χ4n) is 1.70. The van der Waals surface area contributed by atoms with Gasteiger partial charge in [0, 0.05) is 11.9 Å². The molecule has 104 valence electrons. The molecular formula is C13H13N3O4. The van der Waals surface area contributed by atoms with E-state index >= 15 is 0 Å². The van der Waals surface area contributed by atoms with Crippen LogP contribution in [0.1, 0.15) is 17.3 Å². The molecule has 0 spiro atoms. The zero-order valence-corrected chi connectivity index (χ0v) is 10.7. The minimum absolute atomic E-state index is 0.204. The maximum Gasteiger partial charge on any atom is 0.342 e. The molecule has 1 aromatic carbocycles. The number of nitrogens with one attached hydrogen (secondary N) is 1. The van der Waals surface area contributed by atoms with Crippen LogP contribution in [0.3, 0.4) is 0 Å². The minimum Gasteiger partial charge on any atom is -0.493 e. The van der Waals surface area contributed by atoms with Crippen molar-refractivity contribution in [3.8, 4) is 17.1 Å². The molecule has 0 aliphatic rings. The van der Waals surface area contributed by atoms with Crippen LogP contribution in [-0.2, 0) is 0 Å². The molecule has 0 saturated carbocycles. The summed E-state index contributed by atoms with van der Waals surface area (Å²) in [5.41, 5.74) is 5.54. The second-order valence-corrected chi connectivity index (χ2v) is 3.97. The molecule has 1 aromatic heterocycles. The van der Waals surface area contributed by atoms with Crippen molar-refractivity contribution < 1.29 is 14.6 Å². The van der Waals surface area contributed by atoms with Gasteiger partial charge in [0.25, 0.3) is 5.56 Å². The summed E-state index contributed by atoms with van der Waals surface area (Å²) < 4.78 is 5.43. The second kappa shape index (κ2) is 5.43. The number of nitrogens with zero attached hydrogens (tertiary/aromatic N) is 1. The molecule has 7 nitrogen and oxygen atoms in total. The lowest BCUT2D eigenvalue weighted by Crippen LogP contribution is -2.18. The van der Waals surface area contributed by atoms with E-state index in [1.165, 1.54) is 0 Å². The van der Waals surface area contributed by atoms with Crippen LogP contribution in [0.15, 0.2) is 29.2 Å². The van der Waals surface area contributed by atoms with Gasteiger partial charge in [-0.2, -0.15) is 0 Å². The maximum atomic E-state index is 11.7. The third-order valence-corrected chi connectivity index (χ3v) is 2.59. The van der Waals surface area contributed by atoms with Crippen molar-refractivity contribution in [1.82, 2.24) is 9.97 Å². The number of H-pyrrole nitrogens is 1. The Labute approximate surface area is 114 Å². The van der Waals surface area contributed by atoms with Gasteiger partial charge in [-0.05, 0) is 25.1 Å². The van der Waals surface area contributed by atoms with Crippen molar-refractivity contribution in [2.45, 2.75) is 6.92 Å². The molecule has 1 heterocycles. The molecule has 0 radical (unpaired) electrons. The Bertz CT molecular complexity index is 709. The molecule has 7 heteroatoms. The lowest BCUT2D eigenvalue weighted by atomic mass is 10.1. The van der Waals surface area contributed by atoms with Gasteiger partial charge >= 0.3 is 5.97 Å². The van der Waals surface area contributed by atoms with E-state index in [0.29, 0.717) is 23.6 Å². The van der Waals surface area contributed by atoms with Gasteiger partial charge in [-0.15, -0.1) is 0 Å². The van der Waals surface area contributed by atoms with Crippen LogP contribution in [-0.4, -0.2) is 27.7 Å². The number of aromatic carboxylic acids is 1. The van der Waals surface area contributed by atoms with Crippen LogP contribution < -0.4 is 16.0 Å². The number of aromatic nitrogens is 2. The molecule has 0 aliphatic carbocycles. The predicted molar refractivity (Wildman–Crippen MR) is 72.8 cm³/mol. The molecule has 0 saturated heterocycles. The van der Waals surface area contributed by atoms with E-state index in [9.17, 15) is 9.59 Å². The van der Waals surface area contributed by atoms with Gasteiger partial charge in [-0.3, -0.25) is 4.79 Å². The topological polar surface area (TPSA) is 118 Å². The zero-order valence-electron chi connectivity index (χ0n) is 10.7. The normalized spacial score (nSPS) is 10.2. The van der Waals surface area contributed by atoms with Crippen LogP contribution in [0.25, 0.3) is 11.4 Å². The molecule has 0 aliphatic heterocycles. The number of anilines is 1. The first-order valence-corrected chi connectivity index (χ1v) is 5.88. The number of nitrogens with two attached hydrogens (primary N) is 1. The highest BCUT2D eigenvalue weighted by Gasteiger charge is 2.13. The molecule has 2 aromatic rings. The fourth-order valence-corrected chi connectivity index (χ4v) is 1.70. The smallest absolute Gasteiger partial charge is 0.342 e. The number of hydrogen-bond acceptors (Lipinski definition) is 5. The van der Waals surface area contributed by atoms with Crippen molar-refractivity contribution >= 4 is 11.7 Å². The van der Waals surface area contributed by atoms with Crippen LogP contribution in [0, 0.1) is 0 Å². The number of hydrogen-bond donors (Lipinski definition) is 3. The molecular weight excluding hydrogens is 262 g/mol. The van der Waals surface area contributed by atoms with E-state index in [2.05, 4.69) is 9.97 Å². The number of benzene rings is 1. The van der Waals surface area contributed by atoms with Gasteiger partial charge in [-0.1, -0.05) is 0 Å². The Hall–Kier alpha value is -2.83. The summed E-state index contributed by atoms with van der Waals surface area (Å²) in [5.74, 6) is -0.619. The number of aromatic amines is 1. The summed E-state index contributed by atoms with van der Waals surface area (Å²) in [6, 6.07) is 4.93. The van der Waals surface area contributed by atoms with Crippen LogP contribution in [0.4, 0.5) is 5.69 Å². The first-order valence-electron chi connectivity index (χ1n) is 5.88. The lowest BCUT2D eigenvalue weighted by molar-refractivity contribution is 0.0694. The number of ether oxygens (including phenoxy) is 1. The Kier molecular flexibility index (Phi) is 3.69. The number of rotatable bonds is 4. The van der Waals surface area contributed by atoms with Gasteiger partial charge in [0.1, 0.15) is 17.1 Å². The van der Waals surface area contributed by atoms with Crippen molar-refractivity contribution in [3.05, 3.63) is 40.3 Å². The number of nitrogen functional groups attached to an aromatic ring is 1. The molecule has 0 atom stereocenters. The van der Waals surface area contributed by atoms with Crippen molar-refractivity contribution in [1.29, 1.82) is 0 Å². The molecule has 4 N–H and O–H groups in total. The summed E-state index contributed by atoms with van der Waals surface area (Å²) >= 11 is 0. The maximum absolute atomic E-state index is 11.7. The zero-order chi connectivity index (χ0) is 14.7. The third-order valence-electron chi connectivity index (χ3n) is 2.59. The first kappa shape index (κ1) is 13.6. The van der Waals surface area contributed by atoms with Crippen LogP contribution >= 0.6 is 0 Å². The van der Waals surface area contributed by atoms with E-state index < -0.39 is 17.1 Å². The van der Waals surface area contributed by atoms with E-state index in [0.717, 1.165) is 6.20 Å². The summed E-state index contributed by atoms with van der Waals surface area (Å²) in [5, 5.41) is 8.81. The van der Waals surface area contributed by atoms with Gasteiger partial charge in [0.05, 0.1) is 12.2 Å². The average molecular weight is 275 g/mol. The highest BCUT2D eigenvalue weighted by atomic mass is 16.5. The predicted octanol–water partition coefficient (Wildman–Crippen LogP) is 1.12. The summed E-state index contributed by atoms with van der Waals surface area (Å²) in [6.45, 7) is 2.26. The summed E-state index contributed by atoms with van der Waals surface area (Å²) in [7, 11) is 0. The Morgan fingerprint density at radius 1 is 1.50 bits per heavy atom. The van der Waals surface area contributed by atoms with E-state index in [1.807, 2.05) is 6.92 Å². The molecule has 20 heavy (non-hydrogen) atoms. The highest BCUT2D eigenvalue weighted by Crippen LogP contribution is 2.29. The molecule has 0 unspecified atom stereocenters. The quantitative estimate of drug-likeness (QED) is 0.719. The van der Waals surface area contributed by atoms with Crippen LogP contribution in [0.2, 0.25) is 0 Å². The monoisotopic (exact) mass is 275 g/mol. The number of carboxylic acids is 1. The minimum atomic E-state index is -1.33. The summed E-state index contributed by atoms with van der Waals surface area (Å²) in [6.07, 6.45) is 1.01. The standard InChI is InChI=1S/C13H13N3O4/c1-2-20-10-4-3-7(14)5-8(10)11-15-6-9(13(18)19)12(17)16-11/h3-6H,2,14H2,1H3,(H,18,19)(H,15,16,17). The molecule has 0 amide bonds. The van der Waals surface area contributed by atoms with Gasteiger partial charge in [0.15, 0.2) is 0 Å². The largest absolute Gasteiger partial charge is 0.493 e. The van der Waals surface area contributed by atoms with Crippen molar-refractivity contribution in [2.75, 3.05) is 12.3 Å². The van der Waals surface area contributed by atoms with E-state index in [4.69, 9.17) is 15.6 Å². The molecule has 2 rings (SSSR count). The third kappa shape index (κ3) is 2.61. The van der Waals surface area contributed by atoms with Gasteiger partial charge in [-0.25, -0.2) is 9.78 Å². The molecule has 0 bridgehead atoms. The highest BCUT2D eigenvalue weighted by molar-refractivity contribution is 5.87. The van der Waals surface area contributed by atoms with Gasteiger partial charge < -0.3 is 20.6 Å².